The molecule has 56 valence electrons. The van der Waals surface area contributed by atoms with E-state index in [2.05, 4.69) is 6.58 Å². The summed E-state index contributed by atoms with van der Waals surface area (Å²) in [6.07, 6.45) is 1.31. The predicted molar refractivity (Wildman–Crippen MR) is 39.7 cm³/mol. The molecule has 0 aliphatic heterocycles. The van der Waals surface area contributed by atoms with Crippen molar-refractivity contribution in [3.05, 3.63) is 12.2 Å². The van der Waals surface area contributed by atoms with Crippen LogP contribution in [0, 0.1) is 35.5 Å². The molecule has 0 amide bonds. The lowest BCUT2D eigenvalue weighted by Crippen LogP contribution is -2.39. The van der Waals surface area contributed by atoms with Crippen LogP contribution >= 0.6 is 0 Å². The third-order valence-corrected chi connectivity index (χ3v) is 4.69. The molecule has 0 heterocycles. The van der Waals surface area contributed by atoms with Crippen molar-refractivity contribution in [1.29, 1.82) is 0 Å². The molecule has 5 aliphatic rings. The van der Waals surface area contributed by atoms with Crippen LogP contribution in [0.15, 0.2) is 12.2 Å². The maximum atomic E-state index is 11.4. The molecule has 11 heavy (non-hydrogen) atoms. The first-order valence-corrected chi connectivity index (χ1v) is 4.53. The van der Waals surface area contributed by atoms with E-state index in [9.17, 15) is 4.79 Å². The minimum absolute atomic E-state index is 0.469. The largest absolute Gasteiger partial charge is 0.299 e. The molecular weight excluding hydrogens is 136 g/mol. The van der Waals surface area contributed by atoms with Crippen LogP contribution in [0.25, 0.3) is 0 Å². The van der Waals surface area contributed by atoms with Crippen molar-refractivity contribution in [3.63, 3.8) is 0 Å². The molecule has 0 aromatic carbocycles. The van der Waals surface area contributed by atoms with Crippen LogP contribution in [0.5, 0.6) is 0 Å². The number of hydrogen-bond acceptors (Lipinski definition) is 1. The van der Waals surface area contributed by atoms with Gasteiger partial charge in [0, 0.05) is 11.8 Å². The highest BCUT2D eigenvalue weighted by molar-refractivity contribution is 5.96. The molecule has 0 saturated heterocycles. The predicted octanol–water partition coefficient (Wildman–Crippen LogP) is 1.25. The molecule has 5 aliphatic carbocycles. The molecule has 5 saturated carbocycles. The minimum atomic E-state index is 0.469. The maximum absolute atomic E-state index is 11.4. The third-order valence-electron chi connectivity index (χ3n) is 4.69. The van der Waals surface area contributed by atoms with Gasteiger partial charge in [0.15, 0.2) is 0 Å². The summed E-state index contributed by atoms with van der Waals surface area (Å²) in [7, 11) is 0. The zero-order valence-corrected chi connectivity index (χ0v) is 6.29. The van der Waals surface area contributed by atoms with Crippen LogP contribution < -0.4 is 0 Å². The van der Waals surface area contributed by atoms with E-state index in [-0.39, 0.29) is 0 Å². The van der Waals surface area contributed by atoms with Gasteiger partial charge in [0.25, 0.3) is 0 Å². The summed E-state index contributed by atoms with van der Waals surface area (Å²) >= 11 is 0. The van der Waals surface area contributed by atoms with Gasteiger partial charge in [0.05, 0.1) is 0 Å². The Bertz CT molecular complexity index is 300. The zero-order valence-electron chi connectivity index (χ0n) is 6.29. The van der Waals surface area contributed by atoms with Gasteiger partial charge in [0.1, 0.15) is 5.78 Å². The molecular formula is C10H10O. The van der Waals surface area contributed by atoms with Crippen LogP contribution in [0.3, 0.4) is 0 Å². The Morgan fingerprint density at radius 1 is 1.27 bits per heavy atom. The van der Waals surface area contributed by atoms with Crippen molar-refractivity contribution < 1.29 is 4.79 Å². The van der Waals surface area contributed by atoms with Gasteiger partial charge in [-0.15, -0.1) is 0 Å². The van der Waals surface area contributed by atoms with E-state index in [1.54, 1.807) is 0 Å². The number of rotatable bonds is 0. The fourth-order valence-electron chi connectivity index (χ4n) is 4.50. The highest BCUT2D eigenvalue weighted by Gasteiger charge is 2.77. The van der Waals surface area contributed by atoms with Crippen molar-refractivity contribution in [3.8, 4) is 0 Å². The fourth-order valence-corrected chi connectivity index (χ4v) is 4.50. The van der Waals surface area contributed by atoms with Crippen molar-refractivity contribution >= 4 is 5.78 Å². The lowest BCUT2D eigenvalue weighted by Gasteiger charge is -2.30. The molecule has 0 radical (unpaired) electrons. The van der Waals surface area contributed by atoms with Gasteiger partial charge in [0.2, 0.25) is 0 Å². The van der Waals surface area contributed by atoms with Gasteiger partial charge in [-0.25, -0.2) is 0 Å². The number of carbonyl (C=O) groups is 1. The number of ketones is 1. The highest BCUT2D eigenvalue weighted by Crippen LogP contribution is 2.77. The van der Waals surface area contributed by atoms with Crippen molar-refractivity contribution in [1.82, 2.24) is 0 Å². The first-order valence-electron chi connectivity index (χ1n) is 4.53. The molecule has 0 N–H and O–H groups in total. The van der Waals surface area contributed by atoms with Crippen molar-refractivity contribution in [2.24, 2.45) is 35.5 Å². The molecule has 5 fully saturated rings. The Hall–Kier alpha value is -0.590. The van der Waals surface area contributed by atoms with Gasteiger partial charge in [-0.2, -0.15) is 0 Å². The van der Waals surface area contributed by atoms with Crippen molar-refractivity contribution in [2.45, 2.75) is 6.42 Å². The summed E-state index contributed by atoms with van der Waals surface area (Å²) in [5.41, 5.74) is 1.44. The smallest absolute Gasteiger partial charge is 0.140 e. The summed E-state index contributed by atoms with van der Waals surface area (Å²) < 4.78 is 0. The van der Waals surface area contributed by atoms with E-state index >= 15 is 0 Å². The standard InChI is InChI=1S/C10H10O/c1-3-4-2-5-6(3)9-7(4)8(5)10(9)11/h4-9H,1-2H2. The van der Waals surface area contributed by atoms with Crippen LogP contribution in [0.4, 0.5) is 0 Å². The van der Waals surface area contributed by atoms with E-state index in [0.717, 1.165) is 17.8 Å². The van der Waals surface area contributed by atoms with E-state index in [1.165, 1.54) is 12.0 Å². The average molecular weight is 146 g/mol. The SMILES string of the molecule is C=C1C2CC3C1C1C(=O)C3C21. The second-order valence-electron chi connectivity index (χ2n) is 4.64. The molecule has 0 aromatic rings. The summed E-state index contributed by atoms with van der Waals surface area (Å²) in [6, 6.07) is 0. The number of Topliss-reactive ketones (excluding diaryl/α,β-unsaturated/α-hetero) is 1. The Balaban J connectivity index is 2.03. The molecule has 6 atom stereocenters. The lowest BCUT2D eigenvalue weighted by molar-refractivity contribution is -0.136. The fraction of sp³-hybridized carbons (Fsp3) is 0.700. The van der Waals surface area contributed by atoms with Gasteiger partial charge >= 0.3 is 0 Å². The molecule has 1 heteroatoms. The minimum Gasteiger partial charge on any atom is -0.299 e. The van der Waals surface area contributed by atoms with Crippen LogP contribution in [0.1, 0.15) is 6.42 Å². The summed E-state index contributed by atoms with van der Waals surface area (Å²) in [6.45, 7) is 4.12. The molecule has 5 rings (SSSR count). The quantitative estimate of drug-likeness (QED) is 0.470. The molecule has 0 spiro atoms. The number of hydrogen-bond donors (Lipinski definition) is 0. The van der Waals surface area contributed by atoms with Gasteiger partial charge in [-0.05, 0) is 30.1 Å². The lowest BCUT2D eigenvalue weighted by atomic mass is 9.71. The van der Waals surface area contributed by atoms with Crippen molar-refractivity contribution in [2.75, 3.05) is 0 Å². The second-order valence-corrected chi connectivity index (χ2v) is 4.64. The normalized spacial score (nSPS) is 68.0. The Labute approximate surface area is 65.5 Å². The molecule has 1 nitrogen and oxygen atoms in total. The zero-order chi connectivity index (χ0) is 7.33. The highest BCUT2D eigenvalue weighted by atomic mass is 16.1. The summed E-state index contributed by atoms with van der Waals surface area (Å²) in [4.78, 5) is 11.4. The van der Waals surface area contributed by atoms with E-state index < -0.39 is 0 Å². The molecule has 6 unspecified atom stereocenters. The molecule has 0 aromatic heterocycles. The van der Waals surface area contributed by atoms with E-state index in [1.807, 2.05) is 0 Å². The first-order chi connectivity index (χ1) is 5.30. The number of allylic oxidation sites excluding steroid dienone is 1. The maximum Gasteiger partial charge on any atom is 0.140 e. The Morgan fingerprint density at radius 3 is 2.64 bits per heavy atom. The monoisotopic (exact) mass is 146 g/mol. The van der Waals surface area contributed by atoms with Crippen LogP contribution in [0.2, 0.25) is 0 Å². The third kappa shape index (κ3) is 0.274. The summed E-state index contributed by atoms with van der Waals surface area (Å²) in [5, 5.41) is 0. The van der Waals surface area contributed by atoms with Gasteiger partial charge in [-0.1, -0.05) is 12.2 Å². The Morgan fingerprint density at radius 2 is 2.09 bits per heavy atom. The average Bonchev–Trinajstić information content (AvgIpc) is 2.65. The van der Waals surface area contributed by atoms with Gasteiger partial charge in [-0.3, -0.25) is 4.79 Å². The number of carbonyl (C=O) groups excluding carboxylic acids is 1. The van der Waals surface area contributed by atoms with Crippen LogP contribution in [-0.4, -0.2) is 5.78 Å². The molecule has 6 bridgehead atoms. The van der Waals surface area contributed by atoms with Crippen LogP contribution in [-0.2, 0) is 4.79 Å². The van der Waals surface area contributed by atoms with Gasteiger partial charge < -0.3 is 0 Å². The summed E-state index contributed by atoms with van der Waals surface area (Å²) in [5.74, 6) is 4.54. The van der Waals surface area contributed by atoms with E-state index in [0.29, 0.717) is 23.5 Å². The Kier molecular flexibility index (Phi) is 0.521. The van der Waals surface area contributed by atoms with E-state index in [4.69, 9.17) is 0 Å². The second kappa shape index (κ2) is 1.12. The topological polar surface area (TPSA) is 17.1 Å². The first kappa shape index (κ1) is 5.13.